The van der Waals surface area contributed by atoms with Crippen LogP contribution in [0.15, 0.2) is 89.4 Å². The molecule has 1 N–H and O–H groups in total. The van der Waals surface area contributed by atoms with E-state index >= 15 is 0 Å². The van der Waals surface area contributed by atoms with Gasteiger partial charge in [0, 0.05) is 45.2 Å². The van der Waals surface area contributed by atoms with Crippen molar-refractivity contribution in [3.8, 4) is 23.0 Å². The fourth-order valence-corrected chi connectivity index (χ4v) is 9.00. The quantitative estimate of drug-likeness (QED) is 0.110. The lowest BCUT2D eigenvalue weighted by atomic mass is 9.77. The van der Waals surface area contributed by atoms with Crippen molar-refractivity contribution in [2.24, 2.45) is 0 Å². The highest BCUT2D eigenvalue weighted by atomic mass is 32.2. The molecule has 11 heteroatoms. The van der Waals surface area contributed by atoms with Gasteiger partial charge in [0.2, 0.25) is 5.91 Å². The predicted molar refractivity (Wildman–Crippen MR) is 186 cm³/mol. The smallest absolute Gasteiger partial charge is 0.340 e. The summed E-state index contributed by atoms with van der Waals surface area (Å²) >= 11 is 3.15. The third kappa shape index (κ3) is 5.36. The van der Waals surface area contributed by atoms with Gasteiger partial charge in [-0.2, -0.15) is 0 Å². The molecule has 250 valence electrons. The molecule has 5 heterocycles. The number of thioether (sulfide) groups is 1. The summed E-state index contributed by atoms with van der Waals surface area (Å²) in [4.78, 5) is 41.6. The van der Waals surface area contributed by atoms with E-state index in [1.54, 1.807) is 22.7 Å². The van der Waals surface area contributed by atoms with Gasteiger partial charge in [-0.15, -0.1) is 23.1 Å². The van der Waals surface area contributed by atoms with Crippen molar-refractivity contribution < 1.29 is 33.3 Å². The number of carbonyl (C=O) groups excluding carboxylic acids is 3. The molecule has 0 radical (unpaired) electrons. The van der Waals surface area contributed by atoms with E-state index in [9.17, 15) is 14.4 Å². The molecule has 1 fully saturated rings. The fraction of sp³-hybridized carbons (Fsp3) is 0.289. The minimum Gasteiger partial charge on any atom is -0.493 e. The molecule has 4 aliphatic heterocycles. The number of rotatable bonds is 10. The van der Waals surface area contributed by atoms with E-state index in [0.717, 1.165) is 40.1 Å². The van der Waals surface area contributed by atoms with Gasteiger partial charge >= 0.3 is 5.97 Å². The molecule has 1 aromatic heterocycles. The van der Waals surface area contributed by atoms with E-state index in [-0.39, 0.29) is 30.2 Å². The third-order valence-corrected chi connectivity index (χ3v) is 11.6. The van der Waals surface area contributed by atoms with Crippen LogP contribution in [0, 0.1) is 0 Å². The summed E-state index contributed by atoms with van der Waals surface area (Å²) < 4.78 is 25.1. The summed E-state index contributed by atoms with van der Waals surface area (Å²) in [5.74, 6) is 2.34. The zero-order chi connectivity index (χ0) is 33.7. The first-order valence-corrected chi connectivity index (χ1v) is 18.3. The van der Waals surface area contributed by atoms with Crippen molar-refractivity contribution in [3.05, 3.63) is 117 Å². The van der Waals surface area contributed by atoms with Crippen LogP contribution in [0.5, 0.6) is 23.0 Å². The maximum atomic E-state index is 13.2. The molecule has 0 bridgehead atoms. The molecular weight excluding hydrogens is 661 g/mol. The summed E-state index contributed by atoms with van der Waals surface area (Å²) in [6.07, 6.45) is 2.23. The van der Waals surface area contributed by atoms with Crippen LogP contribution in [0.4, 0.5) is 0 Å². The van der Waals surface area contributed by atoms with Crippen LogP contribution in [0.1, 0.15) is 58.6 Å². The fourth-order valence-electron chi connectivity index (χ4n) is 6.85. The molecule has 1 saturated heterocycles. The average molecular weight is 695 g/mol. The average Bonchev–Trinajstić information content (AvgIpc) is 3.72. The zero-order valence-corrected chi connectivity index (χ0v) is 28.7. The van der Waals surface area contributed by atoms with Crippen LogP contribution in [-0.2, 0) is 26.3 Å². The van der Waals surface area contributed by atoms with Crippen LogP contribution in [0.3, 0.4) is 0 Å². The molecule has 0 saturated carbocycles. The molecule has 3 unspecified atom stereocenters. The Morgan fingerprint density at radius 2 is 1.73 bits per heavy atom. The summed E-state index contributed by atoms with van der Waals surface area (Å²) in [5.41, 5.74) is 3.37. The minimum atomic E-state index is -1.18. The van der Waals surface area contributed by atoms with Crippen molar-refractivity contribution in [2.45, 2.75) is 50.1 Å². The van der Waals surface area contributed by atoms with Crippen molar-refractivity contribution >= 4 is 40.9 Å². The van der Waals surface area contributed by atoms with Gasteiger partial charge in [-0.1, -0.05) is 37.6 Å². The molecule has 4 aliphatic rings. The second-order valence-corrected chi connectivity index (χ2v) is 14.6. The van der Waals surface area contributed by atoms with Crippen LogP contribution < -0.4 is 19.5 Å². The largest absolute Gasteiger partial charge is 0.493 e. The molecule has 3 atom stereocenters. The number of ether oxygens (including phenoxy) is 4. The normalized spacial score (nSPS) is 21.6. The molecular formula is C38H34N2O7S2. The number of hydrogen-bond acceptors (Lipinski definition) is 9. The maximum absolute atomic E-state index is 13.2. The summed E-state index contributed by atoms with van der Waals surface area (Å²) in [6.45, 7) is 4.91. The number of thiophene rings is 1. The lowest BCUT2D eigenvalue weighted by Crippen LogP contribution is -2.69. The van der Waals surface area contributed by atoms with Crippen LogP contribution >= 0.6 is 23.1 Å². The predicted octanol–water partition coefficient (Wildman–Crippen LogP) is 6.79. The Morgan fingerprint density at radius 3 is 2.47 bits per heavy atom. The van der Waals surface area contributed by atoms with Crippen LogP contribution in [0.2, 0.25) is 0 Å². The Kier molecular flexibility index (Phi) is 8.12. The molecule has 9 nitrogen and oxygen atoms in total. The number of nitrogens with zero attached hydrogens (tertiary/aromatic N) is 1. The first-order valence-electron chi connectivity index (χ1n) is 16.4. The first kappa shape index (κ1) is 31.5. The Labute approximate surface area is 292 Å². The number of nitrogens with one attached hydrogen (secondary N) is 1. The molecule has 1 spiro atoms. The number of carbonyl (C=O) groups is 3. The van der Waals surface area contributed by atoms with Gasteiger partial charge in [-0.25, -0.2) is 4.79 Å². The molecule has 2 amide bonds. The number of β-lactam (4-membered cyclic amide) rings is 1. The third-order valence-electron chi connectivity index (χ3n) is 9.41. The highest BCUT2D eigenvalue weighted by Crippen LogP contribution is 2.57. The monoisotopic (exact) mass is 694 g/mol. The van der Waals surface area contributed by atoms with Crippen molar-refractivity contribution in [1.82, 2.24) is 10.2 Å². The molecule has 8 rings (SSSR count). The number of amides is 2. The van der Waals surface area contributed by atoms with E-state index in [4.69, 9.17) is 18.9 Å². The summed E-state index contributed by atoms with van der Waals surface area (Å²) in [7, 11) is 0. The number of allylic oxidation sites excluding steroid dienone is 1. The Morgan fingerprint density at radius 1 is 0.980 bits per heavy atom. The summed E-state index contributed by atoms with van der Waals surface area (Å²) in [6, 6.07) is 22.0. The van der Waals surface area contributed by atoms with E-state index in [2.05, 4.69) is 12.2 Å². The minimum absolute atomic E-state index is 0.109. The van der Waals surface area contributed by atoms with Gasteiger partial charge in [0.15, 0.2) is 5.60 Å². The first-order chi connectivity index (χ1) is 23.9. The zero-order valence-electron chi connectivity index (χ0n) is 27.0. The number of fused-ring (bicyclic) bond motifs is 7. The second kappa shape index (κ2) is 12.6. The molecule has 0 aliphatic carbocycles. The number of hydrogen-bond donors (Lipinski definition) is 1. The lowest BCUT2D eigenvalue weighted by molar-refractivity contribution is -0.145. The van der Waals surface area contributed by atoms with Gasteiger partial charge in [0.1, 0.15) is 41.0 Å². The van der Waals surface area contributed by atoms with Gasteiger partial charge in [0.05, 0.1) is 18.6 Å². The van der Waals surface area contributed by atoms with Gasteiger partial charge in [-0.05, 0) is 60.7 Å². The van der Waals surface area contributed by atoms with Gasteiger partial charge in [0.25, 0.3) is 5.91 Å². The lowest BCUT2D eigenvalue weighted by Gasteiger charge is -2.50. The van der Waals surface area contributed by atoms with Crippen LogP contribution in [0.25, 0.3) is 0 Å². The topological polar surface area (TPSA) is 103 Å². The number of esters is 1. The number of unbranched alkanes of at least 4 members (excludes halogenated alkanes) is 1. The standard InChI is InChI=1S/C38H34N2O7S2/c1-3-4-15-44-24-11-13-29-31(17-24)46-32-18-25(12-14-30(32)38(29)28-10-6-5-9-27(28)37(43)47-38)45-20-23-21-49-36-34(35(42)40(36)22(23)2)39-33(41)19-26-8-7-16-48-26/h5-14,16-18,34,36H,3-4,15,19-21H2,1-2H3,(H,39,41). The molecule has 4 aromatic rings. The van der Waals surface area contributed by atoms with Crippen molar-refractivity contribution in [1.29, 1.82) is 0 Å². The molecule has 49 heavy (non-hydrogen) atoms. The van der Waals surface area contributed by atoms with Crippen LogP contribution in [-0.4, -0.2) is 53.1 Å². The highest BCUT2D eigenvalue weighted by molar-refractivity contribution is 8.00. The summed E-state index contributed by atoms with van der Waals surface area (Å²) in [5, 5.41) is 4.73. The van der Waals surface area contributed by atoms with E-state index in [1.807, 2.05) is 79.0 Å². The Balaban J connectivity index is 1.03. The maximum Gasteiger partial charge on any atom is 0.340 e. The highest BCUT2D eigenvalue weighted by Gasteiger charge is 2.54. The van der Waals surface area contributed by atoms with E-state index in [1.165, 1.54) is 11.3 Å². The van der Waals surface area contributed by atoms with Gasteiger partial charge in [-0.3, -0.25) is 14.5 Å². The van der Waals surface area contributed by atoms with Gasteiger partial charge < -0.3 is 24.3 Å². The number of benzene rings is 3. The Bertz CT molecular complexity index is 2010. The SMILES string of the molecule is CCCCOc1ccc2c(c1)Oc1cc(OCC3=C(C)N4C(=O)C(NC(=O)Cc5cccs5)C4SC3)ccc1C21OC(=O)c2ccccc21. The second-order valence-electron chi connectivity index (χ2n) is 12.4. The Hall–Kier alpha value is -4.74. The van der Waals surface area contributed by atoms with E-state index < -0.39 is 17.6 Å². The molecule has 3 aromatic carbocycles. The van der Waals surface area contributed by atoms with E-state index in [0.29, 0.717) is 46.5 Å². The van der Waals surface area contributed by atoms with Crippen molar-refractivity contribution in [2.75, 3.05) is 19.0 Å². The van der Waals surface area contributed by atoms with Crippen molar-refractivity contribution in [3.63, 3.8) is 0 Å².